The fraction of sp³-hybridized carbons (Fsp3) is 0.615. The molecule has 2 heterocycles. The topological polar surface area (TPSA) is 75.9 Å². The van der Waals surface area contributed by atoms with Gasteiger partial charge in [-0.05, 0) is 26.3 Å². The summed E-state index contributed by atoms with van der Waals surface area (Å²) >= 11 is 1.66. The summed E-state index contributed by atoms with van der Waals surface area (Å²) < 4.78 is 5.55. The van der Waals surface area contributed by atoms with Gasteiger partial charge in [-0.1, -0.05) is 18.9 Å². The molecule has 0 bridgehead atoms. The second-order valence-electron chi connectivity index (χ2n) is 5.20. The van der Waals surface area contributed by atoms with Crippen LogP contribution in [0.4, 0.5) is 6.01 Å². The smallest absolute Gasteiger partial charge is 0.316 e. The lowest BCUT2D eigenvalue weighted by atomic mass is 10.2. The Kier molecular flexibility index (Phi) is 5.08. The third kappa shape index (κ3) is 4.28. The van der Waals surface area contributed by atoms with E-state index in [2.05, 4.69) is 39.7 Å². The Morgan fingerprint density at radius 2 is 2.10 bits per heavy atom. The zero-order valence-corrected chi connectivity index (χ0v) is 13.1. The first kappa shape index (κ1) is 14.9. The molecule has 2 aromatic heterocycles. The lowest BCUT2D eigenvalue weighted by molar-refractivity contribution is 0.456. The molecule has 2 rings (SSSR count). The Morgan fingerprint density at radius 3 is 2.75 bits per heavy atom. The van der Waals surface area contributed by atoms with E-state index in [1.807, 2.05) is 20.0 Å². The van der Waals surface area contributed by atoms with Crippen LogP contribution in [0.1, 0.15) is 42.6 Å². The van der Waals surface area contributed by atoms with Crippen molar-refractivity contribution in [2.24, 2.45) is 5.92 Å². The van der Waals surface area contributed by atoms with Gasteiger partial charge in [0, 0.05) is 11.1 Å². The molecule has 0 radical (unpaired) electrons. The summed E-state index contributed by atoms with van der Waals surface area (Å²) in [5.74, 6) is 1.19. The van der Waals surface area contributed by atoms with E-state index in [4.69, 9.17) is 4.42 Å². The largest absolute Gasteiger partial charge is 0.407 e. The van der Waals surface area contributed by atoms with Crippen molar-refractivity contribution < 1.29 is 4.42 Å². The molecule has 0 aliphatic carbocycles. The second kappa shape index (κ2) is 6.81. The Hall–Kier alpha value is -1.47. The molecule has 1 unspecified atom stereocenters. The van der Waals surface area contributed by atoms with Gasteiger partial charge in [-0.15, -0.1) is 16.4 Å². The number of hydrogen-bond donors (Lipinski definition) is 2. The maximum atomic E-state index is 5.55. The quantitative estimate of drug-likeness (QED) is 0.818. The van der Waals surface area contributed by atoms with Gasteiger partial charge in [0.15, 0.2) is 0 Å². The zero-order valence-electron chi connectivity index (χ0n) is 12.3. The number of aryl methyl sites for hydroxylation is 1. The molecule has 2 aromatic rings. The van der Waals surface area contributed by atoms with Gasteiger partial charge in [0.2, 0.25) is 5.89 Å². The van der Waals surface area contributed by atoms with E-state index in [1.165, 1.54) is 4.88 Å². The van der Waals surface area contributed by atoms with Crippen LogP contribution in [0.5, 0.6) is 0 Å². The minimum atomic E-state index is 0.0608. The lowest BCUT2D eigenvalue weighted by Gasteiger charge is -2.07. The molecule has 20 heavy (non-hydrogen) atoms. The van der Waals surface area contributed by atoms with Crippen molar-refractivity contribution in [1.29, 1.82) is 0 Å². The Labute approximate surface area is 123 Å². The number of nitrogens with zero attached hydrogens (tertiary/aromatic N) is 3. The molecule has 0 aromatic carbocycles. The third-order valence-electron chi connectivity index (χ3n) is 2.65. The number of aromatic nitrogens is 3. The average molecular weight is 295 g/mol. The van der Waals surface area contributed by atoms with E-state index < -0.39 is 0 Å². The molecule has 1 atom stereocenters. The molecule has 0 fully saturated rings. The predicted octanol–water partition coefficient (Wildman–Crippen LogP) is 2.75. The second-order valence-corrected chi connectivity index (χ2v) is 6.47. The lowest BCUT2D eigenvalue weighted by Crippen LogP contribution is -2.19. The number of hydrogen-bond acceptors (Lipinski definition) is 7. The number of anilines is 1. The van der Waals surface area contributed by atoms with Gasteiger partial charge in [0.25, 0.3) is 0 Å². The first-order chi connectivity index (χ1) is 9.54. The van der Waals surface area contributed by atoms with Gasteiger partial charge in [-0.2, -0.15) is 0 Å². The van der Waals surface area contributed by atoms with Crippen molar-refractivity contribution in [3.63, 3.8) is 0 Å². The molecule has 0 aliphatic heterocycles. The van der Waals surface area contributed by atoms with E-state index in [9.17, 15) is 0 Å². The van der Waals surface area contributed by atoms with Crippen LogP contribution in [-0.2, 0) is 6.54 Å². The first-order valence-corrected chi connectivity index (χ1v) is 7.58. The van der Waals surface area contributed by atoms with Gasteiger partial charge in [0.05, 0.1) is 12.6 Å². The van der Waals surface area contributed by atoms with Gasteiger partial charge in [0.1, 0.15) is 5.01 Å². The minimum Gasteiger partial charge on any atom is -0.407 e. The van der Waals surface area contributed by atoms with Crippen LogP contribution in [-0.4, -0.2) is 21.7 Å². The number of thiazole rings is 1. The monoisotopic (exact) mass is 295 g/mol. The summed E-state index contributed by atoms with van der Waals surface area (Å²) in [5, 5.41) is 15.5. The van der Waals surface area contributed by atoms with Gasteiger partial charge in [-0.3, -0.25) is 0 Å². The SMILES string of the molecule is Cc1cnc(C(C)Nc2nnc(CNCC(C)C)o2)s1. The summed E-state index contributed by atoms with van der Waals surface area (Å²) in [7, 11) is 0. The molecule has 0 saturated carbocycles. The Morgan fingerprint density at radius 1 is 1.30 bits per heavy atom. The highest BCUT2D eigenvalue weighted by Crippen LogP contribution is 2.22. The highest BCUT2D eigenvalue weighted by molar-refractivity contribution is 7.11. The summed E-state index contributed by atoms with van der Waals surface area (Å²) in [6.07, 6.45) is 1.87. The van der Waals surface area contributed by atoms with Crippen LogP contribution >= 0.6 is 11.3 Å². The van der Waals surface area contributed by atoms with Gasteiger partial charge < -0.3 is 15.1 Å². The fourth-order valence-electron chi connectivity index (χ4n) is 1.67. The summed E-state index contributed by atoms with van der Waals surface area (Å²) in [4.78, 5) is 5.53. The van der Waals surface area contributed by atoms with E-state index >= 15 is 0 Å². The highest BCUT2D eigenvalue weighted by Gasteiger charge is 2.13. The van der Waals surface area contributed by atoms with Crippen molar-refractivity contribution in [2.45, 2.75) is 40.3 Å². The van der Waals surface area contributed by atoms with Crippen LogP contribution in [0, 0.1) is 12.8 Å². The van der Waals surface area contributed by atoms with Gasteiger partial charge >= 0.3 is 6.01 Å². The van der Waals surface area contributed by atoms with Gasteiger partial charge in [-0.25, -0.2) is 4.98 Å². The van der Waals surface area contributed by atoms with Crippen LogP contribution in [0.25, 0.3) is 0 Å². The standard InChI is InChI=1S/C13H21N5OS/c1-8(2)5-14-7-11-17-18-13(19-11)16-10(4)12-15-6-9(3)20-12/h6,8,10,14H,5,7H2,1-4H3,(H,16,18). The van der Waals surface area contributed by atoms with Crippen LogP contribution < -0.4 is 10.6 Å². The van der Waals surface area contributed by atoms with Crippen LogP contribution in [0.2, 0.25) is 0 Å². The molecule has 0 aliphatic rings. The zero-order chi connectivity index (χ0) is 14.5. The van der Waals surface area contributed by atoms with Crippen molar-refractivity contribution in [3.05, 3.63) is 22.0 Å². The van der Waals surface area contributed by atoms with E-state index in [0.717, 1.165) is 11.6 Å². The summed E-state index contributed by atoms with van der Waals surface area (Å²) in [5.41, 5.74) is 0. The van der Waals surface area contributed by atoms with E-state index in [-0.39, 0.29) is 6.04 Å². The molecule has 0 spiro atoms. The summed E-state index contributed by atoms with van der Waals surface area (Å²) in [6, 6.07) is 0.498. The number of nitrogens with one attached hydrogen (secondary N) is 2. The maximum Gasteiger partial charge on any atom is 0.316 e. The molecule has 6 nitrogen and oxygen atoms in total. The van der Waals surface area contributed by atoms with Crippen molar-refractivity contribution in [2.75, 3.05) is 11.9 Å². The number of rotatable bonds is 7. The third-order valence-corrected chi connectivity index (χ3v) is 3.74. The Balaban J connectivity index is 1.86. The Bertz CT molecular complexity index is 536. The van der Waals surface area contributed by atoms with Crippen LogP contribution in [0.3, 0.4) is 0 Å². The molecular formula is C13H21N5OS. The van der Waals surface area contributed by atoms with E-state index in [0.29, 0.717) is 24.4 Å². The maximum absolute atomic E-state index is 5.55. The van der Waals surface area contributed by atoms with E-state index in [1.54, 1.807) is 11.3 Å². The molecule has 0 saturated heterocycles. The molecular weight excluding hydrogens is 274 g/mol. The predicted molar refractivity (Wildman–Crippen MR) is 79.7 cm³/mol. The average Bonchev–Trinajstić information content (AvgIpc) is 2.98. The van der Waals surface area contributed by atoms with Crippen molar-refractivity contribution in [3.8, 4) is 0 Å². The highest BCUT2D eigenvalue weighted by atomic mass is 32.1. The summed E-state index contributed by atoms with van der Waals surface area (Å²) in [6.45, 7) is 9.91. The normalized spacial score (nSPS) is 12.8. The minimum absolute atomic E-state index is 0.0608. The van der Waals surface area contributed by atoms with Crippen molar-refractivity contribution >= 4 is 17.4 Å². The van der Waals surface area contributed by atoms with Crippen LogP contribution in [0.15, 0.2) is 10.6 Å². The molecule has 110 valence electrons. The fourth-order valence-corrected chi connectivity index (χ4v) is 2.45. The molecule has 2 N–H and O–H groups in total. The first-order valence-electron chi connectivity index (χ1n) is 6.76. The molecule has 7 heteroatoms. The van der Waals surface area contributed by atoms with Crippen molar-refractivity contribution in [1.82, 2.24) is 20.5 Å². The molecule has 0 amide bonds.